The van der Waals surface area contributed by atoms with Crippen LogP contribution < -0.4 is 0 Å². The molecule has 5 heteroatoms. The Morgan fingerprint density at radius 1 is 1.59 bits per heavy atom. The van der Waals surface area contributed by atoms with Gasteiger partial charge >= 0.3 is 0 Å². The summed E-state index contributed by atoms with van der Waals surface area (Å²) in [4.78, 5) is 13.8. The second kappa shape index (κ2) is 4.58. The molecule has 0 atom stereocenters. The maximum Gasteiger partial charge on any atom is 0.228 e. The molecule has 1 heterocycles. The van der Waals surface area contributed by atoms with Crippen molar-refractivity contribution in [3.63, 3.8) is 0 Å². The molecule has 0 aliphatic heterocycles. The molecule has 90 valence electrons. The van der Waals surface area contributed by atoms with Gasteiger partial charge in [-0.3, -0.25) is 9.89 Å². The quantitative estimate of drug-likeness (QED) is 0.789. The fourth-order valence-corrected chi connectivity index (χ4v) is 1.97. The zero-order valence-corrected chi connectivity index (χ0v) is 10.2. The number of aromatic nitrogens is 2. The molecule has 1 aromatic heterocycles. The van der Waals surface area contributed by atoms with E-state index in [0.717, 1.165) is 29.8 Å². The zero-order chi connectivity index (χ0) is 12.4. The summed E-state index contributed by atoms with van der Waals surface area (Å²) < 4.78 is 0. The van der Waals surface area contributed by atoms with Crippen LogP contribution in [0, 0.1) is 25.2 Å². The molecular weight excluding hydrogens is 216 g/mol. The van der Waals surface area contributed by atoms with Crippen LogP contribution in [-0.4, -0.2) is 33.6 Å². The molecule has 1 aromatic rings. The van der Waals surface area contributed by atoms with Crippen molar-refractivity contribution in [1.29, 1.82) is 5.26 Å². The van der Waals surface area contributed by atoms with Crippen LogP contribution in [0.25, 0.3) is 0 Å². The lowest BCUT2D eigenvalue weighted by atomic mass is 10.1. The van der Waals surface area contributed by atoms with Gasteiger partial charge in [-0.15, -0.1) is 0 Å². The molecule has 0 bridgehead atoms. The Morgan fingerprint density at radius 3 is 2.76 bits per heavy atom. The Kier molecular flexibility index (Phi) is 3.14. The van der Waals surface area contributed by atoms with Crippen molar-refractivity contribution in [2.24, 2.45) is 0 Å². The van der Waals surface area contributed by atoms with Gasteiger partial charge < -0.3 is 4.90 Å². The van der Waals surface area contributed by atoms with Gasteiger partial charge in [-0.25, -0.2) is 0 Å². The highest BCUT2D eigenvalue weighted by atomic mass is 16.2. The van der Waals surface area contributed by atoms with E-state index < -0.39 is 0 Å². The second-order valence-corrected chi connectivity index (χ2v) is 4.50. The molecule has 1 N–H and O–H groups in total. The first-order chi connectivity index (χ1) is 8.13. The number of nitrogens with zero attached hydrogens (tertiary/aromatic N) is 3. The lowest BCUT2D eigenvalue weighted by Crippen LogP contribution is -2.34. The predicted octanol–water partition coefficient (Wildman–Crippen LogP) is 1.08. The average Bonchev–Trinajstić information content (AvgIpc) is 3.08. The van der Waals surface area contributed by atoms with Crippen molar-refractivity contribution in [3.8, 4) is 6.07 Å². The molecule has 1 amide bonds. The Hall–Kier alpha value is -1.83. The molecule has 1 saturated carbocycles. The van der Waals surface area contributed by atoms with Gasteiger partial charge in [0.25, 0.3) is 0 Å². The lowest BCUT2D eigenvalue weighted by molar-refractivity contribution is -0.130. The first kappa shape index (κ1) is 11.6. The van der Waals surface area contributed by atoms with Crippen molar-refractivity contribution in [2.45, 2.75) is 39.2 Å². The Labute approximate surface area is 100 Å². The number of carbonyl (C=O) groups is 1. The number of aryl methyl sites for hydroxylation is 2. The molecule has 1 aliphatic carbocycles. The van der Waals surface area contributed by atoms with Crippen LogP contribution in [0.15, 0.2) is 0 Å². The minimum absolute atomic E-state index is 0.0293. The van der Waals surface area contributed by atoms with E-state index in [0.29, 0.717) is 6.42 Å². The van der Waals surface area contributed by atoms with Gasteiger partial charge in [0.2, 0.25) is 5.91 Å². The fraction of sp³-hybridized carbons (Fsp3) is 0.583. The minimum atomic E-state index is 0.0293. The van der Waals surface area contributed by atoms with Crippen LogP contribution in [0.3, 0.4) is 0 Å². The molecule has 0 radical (unpaired) electrons. The van der Waals surface area contributed by atoms with E-state index in [-0.39, 0.29) is 18.5 Å². The highest BCUT2D eigenvalue weighted by Gasteiger charge is 2.32. The standard InChI is InChI=1S/C12H16N4O/c1-8-11(9(2)15-14-8)7-12(17)16(6-5-13)10-3-4-10/h10H,3-4,6-7H2,1-2H3,(H,14,15). The Balaban J connectivity index is 2.07. The van der Waals surface area contributed by atoms with Gasteiger partial charge in [-0.2, -0.15) is 10.4 Å². The van der Waals surface area contributed by atoms with E-state index in [4.69, 9.17) is 5.26 Å². The summed E-state index contributed by atoms with van der Waals surface area (Å²) in [6, 6.07) is 2.35. The van der Waals surface area contributed by atoms with Crippen LogP contribution in [0.1, 0.15) is 29.8 Å². The van der Waals surface area contributed by atoms with Gasteiger partial charge in [0.05, 0.1) is 18.2 Å². The summed E-state index contributed by atoms with van der Waals surface area (Å²) in [5.41, 5.74) is 2.76. The average molecular weight is 232 g/mol. The predicted molar refractivity (Wildman–Crippen MR) is 62.1 cm³/mol. The summed E-state index contributed by atoms with van der Waals surface area (Å²) in [5.74, 6) is 0.0293. The monoisotopic (exact) mass is 232 g/mol. The van der Waals surface area contributed by atoms with Crippen LogP contribution in [-0.2, 0) is 11.2 Å². The van der Waals surface area contributed by atoms with Gasteiger partial charge in [0, 0.05) is 17.3 Å². The molecule has 0 aromatic carbocycles. The molecule has 0 saturated heterocycles. The van der Waals surface area contributed by atoms with Crippen molar-refractivity contribution in [1.82, 2.24) is 15.1 Å². The van der Waals surface area contributed by atoms with E-state index in [2.05, 4.69) is 16.3 Å². The van der Waals surface area contributed by atoms with Gasteiger partial charge in [0.1, 0.15) is 6.54 Å². The van der Waals surface area contributed by atoms with E-state index in [1.165, 1.54) is 0 Å². The van der Waals surface area contributed by atoms with Gasteiger partial charge in [-0.05, 0) is 26.7 Å². The third-order valence-corrected chi connectivity index (χ3v) is 3.16. The topological polar surface area (TPSA) is 72.8 Å². The summed E-state index contributed by atoms with van der Waals surface area (Å²) in [6.07, 6.45) is 2.39. The van der Waals surface area contributed by atoms with Crippen LogP contribution in [0.2, 0.25) is 0 Å². The van der Waals surface area contributed by atoms with E-state index in [1.54, 1.807) is 4.90 Å². The highest BCUT2D eigenvalue weighted by Crippen LogP contribution is 2.27. The summed E-state index contributed by atoms with van der Waals surface area (Å²) >= 11 is 0. The van der Waals surface area contributed by atoms with Gasteiger partial charge in [-0.1, -0.05) is 0 Å². The number of nitrogens with one attached hydrogen (secondary N) is 1. The third kappa shape index (κ3) is 2.47. The highest BCUT2D eigenvalue weighted by molar-refractivity contribution is 5.80. The van der Waals surface area contributed by atoms with E-state index in [1.807, 2.05) is 13.8 Å². The number of hydrogen-bond donors (Lipinski definition) is 1. The van der Waals surface area contributed by atoms with Crippen LogP contribution >= 0.6 is 0 Å². The molecular formula is C12H16N4O. The van der Waals surface area contributed by atoms with Crippen molar-refractivity contribution in [3.05, 3.63) is 17.0 Å². The van der Waals surface area contributed by atoms with Crippen molar-refractivity contribution >= 4 is 5.91 Å². The number of carbonyl (C=O) groups excluding carboxylic acids is 1. The fourth-order valence-electron chi connectivity index (χ4n) is 1.97. The maximum absolute atomic E-state index is 12.1. The SMILES string of the molecule is Cc1n[nH]c(C)c1CC(=O)N(CC#N)C1CC1. The van der Waals surface area contributed by atoms with E-state index in [9.17, 15) is 4.79 Å². The number of aromatic amines is 1. The van der Waals surface area contributed by atoms with Crippen LogP contribution in [0.4, 0.5) is 0 Å². The zero-order valence-electron chi connectivity index (χ0n) is 10.2. The smallest absolute Gasteiger partial charge is 0.228 e. The Bertz CT molecular complexity index is 448. The lowest BCUT2D eigenvalue weighted by Gasteiger charge is -2.18. The molecule has 5 nitrogen and oxygen atoms in total. The summed E-state index contributed by atoms with van der Waals surface area (Å²) in [6.45, 7) is 3.99. The van der Waals surface area contributed by atoms with E-state index >= 15 is 0 Å². The van der Waals surface area contributed by atoms with Gasteiger partial charge in [0.15, 0.2) is 0 Å². The molecule has 17 heavy (non-hydrogen) atoms. The van der Waals surface area contributed by atoms with Crippen molar-refractivity contribution in [2.75, 3.05) is 6.54 Å². The number of hydrogen-bond acceptors (Lipinski definition) is 3. The van der Waals surface area contributed by atoms with Crippen molar-refractivity contribution < 1.29 is 4.79 Å². The molecule has 0 unspecified atom stereocenters. The Morgan fingerprint density at radius 2 is 2.29 bits per heavy atom. The number of nitriles is 1. The molecule has 1 fully saturated rings. The second-order valence-electron chi connectivity index (χ2n) is 4.50. The summed E-state index contributed by atoms with van der Waals surface area (Å²) in [7, 11) is 0. The first-order valence-electron chi connectivity index (χ1n) is 5.80. The minimum Gasteiger partial charge on any atom is -0.326 e. The third-order valence-electron chi connectivity index (χ3n) is 3.16. The molecule has 0 spiro atoms. The summed E-state index contributed by atoms with van der Waals surface area (Å²) in [5, 5.41) is 15.7. The molecule has 2 rings (SSSR count). The molecule has 1 aliphatic rings. The number of rotatable bonds is 4. The van der Waals surface area contributed by atoms with Crippen LogP contribution in [0.5, 0.6) is 0 Å². The normalized spacial score (nSPS) is 14.4. The number of H-pyrrole nitrogens is 1. The maximum atomic E-state index is 12.1. The first-order valence-corrected chi connectivity index (χ1v) is 5.80. The number of amides is 1. The largest absolute Gasteiger partial charge is 0.326 e.